The van der Waals surface area contributed by atoms with Crippen molar-refractivity contribution in [1.82, 2.24) is 9.13 Å². The molecule has 0 unspecified atom stereocenters. The molecule has 9 heteroatoms. The van der Waals surface area contributed by atoms with Crippen LogP contribution in [-0.4, -0.2) is 34.3 Å². The van der Waals surface area contributed by atoms with E-state index < -0.39 is 17.2 Å². The number of esters is 1. The highest BCUT2D eigenvalue weighted by Gasteiger charge is 2.22. The smallest absolute Gasteiger partial charge is 0.332 e. The van der Waals surface area contributed by atoms with E-state index in [1.807, 2.05) is 0 Å². The van der Waals surface area contributed by atoms with Gasteiger partial charge in [0.15, 0.2) is 17.3 Å². The van der Waals surface area contributed by atoms with Gasteiger partial charge in [0.05, 0.1) is 24.1 Å². The number of benzene rings is 2. The molecule has 37 heavy (non-hydrogen) atoms. The maximum atomic E-state index is 13.6. The number of rotatable bonds is 8. The quantitative estimate of drug-likeness (QED) is 0.339. The van der Waals surface area contributed by atoms with Crippen LogP contribution in [0.4, 0.5) is 0 Å². The van der Waals surface area contributed by atoms with Crippen molar-refractivity contribution in [3.8, 4) is 11.5 Å². The van der Waals surface area contributed by atoms with Crippen LogP contribution < -0.4 is 20.7 Å². The fourth-order valence-corrected chi connectivity index (χ4v) is 5.21. The van der Waals surface area contributed by atoms with Gasteiger partial charge in [0.1, 0.15) is 6.54 Å². The molecular weight excluding hydrogens is 476 g/mol. The molecule has 2 aliphatic rings. The maximum Gasteiger partial charge on any atom is 0.332 e. The Kier molecular flexibility index (Phi) is 7.12. The molecule has 0 bridgehead atoms. The molecule has 194 valence electrons. The second-order valence-electron chi connectivity index (χ2n) is 9.62. The number of aromatic nitrogens is 2. The molecule has 2 aromatic carbocycles. The molecule has 1 aliphatic carbocycles. The van der Waals surface area contributed by atoms with Crippen LogP contribution in [0.3, 0.4) is 0 Å². The van der Waals surface area contributed by atoms with Gasteiger partial charge in [0.25, 0.3) is 5.56 Å². The summed E-state index contributed by atoms with van der Waals surface area (Å²) in [7, 11) is 0. The number of carbonyl (C=O) groups excluding carboxylic acids is 2. The average molecular weight is 507 g/mol. The summed E-state index contributed by atoms with van der Waals surface area (Å²) in [5.41, 5.74) is 0.205. The van der Waals surface area contributed by atoms with Crippen LogP contribution in [0.2, 0.25) is 0 Å². The van der Waals surface area contributed by atoms with Crippen LogP contribution in [-0.2, 0) is 22.6 Å². The summed E-state index contributed by atoms with van der Waals surface area (Å²) in [6.45, 7) is 1.57. The summed E-state index contributed by atoms with van der Waals surface area (Å²) >= 11 is 0. The minimum atomic E-state index is -0.653. The zero-order valence-corrected chi connectivity index (χ0v) is 20.9. The molecule has 0 saturated heterocycles. The number of ether oxygens (including phenoxy) is 3. The maximum absolute atomic E-state index is 13.6. The van der Waals surface area contributed by atoms with Gasteiger partial charge in [0, 0.05) is 12.0 Å². The van der Waals surface area contributed by atoms with Gasteiger partial charge >= 0.3 is 11.7 Å². The lowest BCUT2D eigenvalue weighted by Gasteiger charge is -2.20. The van der Waals surface area contributed by atoms with Gasteiger partial charge in [-0.3, -0.25) is 23.5 Å². The minimum Gasteiger partial charge on any atom is -0.465 e. The van der Waals surface area contributed by atoms with Gasteiger partial charge in [-0.2, -0.15) is 0 Å². The van der Waals surface area contributed by atoms with E-state index in [1.165, 1.54) is 11.0 Å². The number of ketones is 1. The summed E-state index contributed by atoms with van der Waals surface area (Å²) in [6.07, 6.45) is 6.00. The molecule has 0 atom stereocenters. The third-order valence-corrected chi connectivity index (χ3v) is 7.12. The third kappa shape index (κ3) is 5.16. The molecule has 0 amide bonds. The van der Waals surface area contributed by atoms with Gasteiger partial charge in [-0.25, -0.2) is 4.79 Å². The molecule has 5 rings (SSSR count). The number of Topliss-reactive ketones (excluding diaryl/α,β-unsaturated/α-hetero) is 1. The summed E-state index contributed by atoms with van der Waals surface area (Å²) in [5, 5.41) is 0.249. The Balaban J connectivity index is 1.55. The average Bonchev–Trinajstić information content (AvgIpc) is 3.37. The highest BCUT2D eigenvalue weighted by molar-refractivity contribution is 5.99. The van der Waals surface area contributed by atoms with Crippen molar-refractivity contribution in [2.75, 3.05) is 13.4 Å². The lowest BCUT2D eigenvalue weighted by atomic mass is 9.85. The highest BCUT2D eigenvalue weighted by Crippen LogP contribution is 2.32. The van der Waals surface area contributed by atoms with Crippen LogP contribution in [0.5, 0.6) is 11.5 Å². The highest BCUT2D eigenvalue weighted by atomic mass is 16.7. The molecule has 0 N–H and O–H groups in total. The van der Waals surface area contributed by atoms with E-state index in [9.17, 15) is 19.2 Å². The van der Waals surface area contributed by atoms with E-state index in [0.29, 0.717) is 35.0 Å². The lowest BCUT2D eigenvalue weighted by molar-refractivity contribution is -0.143. The molecule has 1 aromatic heterocycles. The number of nitrogens with zero attached hydrogens (tertiary/aromatic N) is 2. The van der Waals surface area contributed by atoms with Crippen molar-refractivity contribution in [2.45, 2.75) is 58.5 Å². The van der Waals surface area contributed by atoms with E-state index in [4.69, 9.17) is 14.2 Å². The zero-order valence-electron chi connectivity index (χ0n) is 20.9. The fraction of sp³-hybridized carbons (Fsp3) is 0.429. The van der Waals surface area contributed by atoms with Crippen molar-refractivity contribution in [2.24, 2.45) is 5.92 Å². The summed E-state index contributed by atoms with van der Waals surface area (Å²) in [6, 6.07) is 9.98. The SMILES string of the molecule is CCOC(=O)Cn1c(=O)n(Cc2ccc3c(c2)OCO3)c(=O)c2ccc(C(=O)CC3CCCCC3)cc21. The first-order valence-corrected chi connectivity index (χ1v) is 12.8. The number of carbonyl (C=O) groups is 2. The van der Waals surface area contributed by atoms with Crippen LogP contribution in [0, 0.1) is 5.92 Å². The molecular formula is C28H30N2O7. The molecule has 1 aliphatic heterocycles. The van der Waals surface area contributed by atoms with Gasteiger partial charge < -0.3 is 14.2 Å². The molecule has 1 saturated carbocycles. The van der Waals surface area contributed by atoms with Crippen LogP contribution >= 0.6 is 0 Å². The number of hydrogen-bond acceptors (Lipinski definition) is 7. The fourth-order valence-electron chi connectivity index (χ4n) is 5.21. The normalized spacial score (nSPS) is 15.2. The zero-order chi connectivity index (χ0) is 25.9. The van der Waals surface area contributed by atoms with Crippen molar-refractivity contribution in [1.29, 1.82) is 0 Å². The Labute approximate surface area is 213 Å². The number of hydrogen-bond donors (Lipinski definition) is 0. The largest absolute Gasteiger partial charge is 0.465 e. The van der Waals surface area contributed by atoms with E-state index in [1.54, 1.807) is 43.3 Å². The number of fused-ring (bicyclic) bond motifs is 2. The first-order chi connectivity index (χ1) is 17.9. The van der Waals surface area contributed by atoms with Crippen molar-refractivity contribution in [3.05, 3.63) is 68.4 Å². The Morgan fingerprint density at radius 1 is 0.973 bits per heavy atom. The Morgan fingerprint density at radius 3 is 2.54 bits per heavy atom. The van der Waals surface area contributed by atoms with E-state index >= 15 is 0 Å². The third-order valence-electron chi connectivity index (χ3n) is 7.12. The van der Waals surface area contributed by atoms with E-state index in [-0.39, 0.29) is 43.2 Å². The molecule has 1 fully saturated rings. The van der Waals surface area contributed by atoms with Gasteiger partial charge in [-0.05, 0) is 42.7 Å². The van der Waals surface area contributed by atoms with Crippen molar-refractivity contribution >= 4 is 22.7 Å². The first-order valence-electron chi connectivity index (χ1n) is 12.8. The van der Waals surface area contributed by atoms with Gasteiger partial charge in [-0.15, -0.1) is 0 Å². The molecule has 0 spiro atoms. The lowest BCUT2D eigenvalue weighted by Crippen LogP contribution is -2.41. The van der Waals surface area contributed by atoms with Crippen molar-refractivity contribution < 1.29 is 23.8 Å². The standard InChI is InChI=1S/C28H30N2O7/c1-2-35-26(32)16-29-22-14-20(23(31)12-18-6-4-3-5-7-18)9-10-21(22)27(33)30(28(29)34)15-19-8-11-24-25(13-19)37-17-36-24/h8-11,13-14,18H,2-7,12,15-17H2,1H3. The summed E-state index contributed by atoms with van der Waals surface area (Å²) in [4.78, 5) is 52.5. The van der Waals surface area contributed by atoms with Crippen LogP contribution in [0.25, 0.3) is 10.9 Å². The predicted octanol–water partition coefficient (Wildman–Crippen LogP) is 3.66. The summed E-state index contributed by atoms with van der Waals surface area (Å²) in [5.74, 6) is 0.874. The summed E-state index contributed by atoms with van der Waals surface area (Å²) < 4.78 is 18.1. The Hall–Kier alpha value is -3.88. The van der Waals surface area contributed by atoms with E-state index in [0.717, 1.165) is 30.3 Å². The monoisotopic (exact) mass is 506 g/mol. The Morgan fingerprint density at radius 2 is 1.76 bits per heavy atom. The van der Waals surface area contributed by atoms with Crippen LogP contribution in [0.15, 0.2) is 46.0 Å². The second-order valence-corrected chi connectivity index (χ2v) is 9.62. The molecule has 0 radical (unpaired) electrons. The second kappa shape index (κ2) is 10.6. The molecule has 9 nitrogen and oxygen atoms in total. The minimum absolute atomic E-state index is 0.0184. The van der Waals surface area contributed by atoms with E-state index in [2.05, 4.69) is 0 Å². The Bertz CT molecular complexity index is 1460. The van der Waals surface area contributed by atoms with Crippen molar-refractivity contribution in [3.63, 3.8) is 0 Å². The predicted molar refractivity (Wildman–Crippen MR) is 136 cm³/mol. The molecule has 2 heterocycles. The van der Waals surface area contributed by atoms with Gasteiger partial charge in [0.2, 0.25) is 6.79 Å². The van der Waals surface area contributed by atoms with Gasteiger partial charge in [-0.1, -0.05) is 44.2 Å². The topological polar surface area (TPSA) is 106 Å². The molecule has 3 aromatic rings. The van der Waals surface area contributed by atoms with Crippen LogP contribution in [0.1, 0.15) is 61.4 Å². The first kappa shape index (κ1) is 24.8.